The number of nitrogens with one attached hydrogen (secondary N) is 3. The Labute approximate surface area is 207 Å². The molecule has 2 heterocycles. The lowest BCUT2D eigenvalue weighted by Gasteiger charge is -2.19. The van der Waals surface area contributed by atoms with E-state index < -0.39 is 6.04 Å². The molecule has 0 bridgehead atoms. The van der Waals surface area contributed by atoms with Gasteiger partial charge in [-0.3, -0.25) is 24.1 Å². The van der Waals surface area contributed by atoms with Gasteiger partial charge in [-0.25, -0.2) is 0 Å². The molecule has 3 aromatic rings. The molecule has 0 spiro atoms. The first kappa shape index (κ1) is 24.3. The zero-order valence-corrected chi connectivity index (χ0v) is 20.3. The van der Waals surface area contributed by atoms with E-state index in [1.165, 1.54) is 6.92 Å². The van der Waals surface area contributed by atoms with Crippen molar-refractivity contribution in [1.82, 2.24) is 20.5 Å². The monoisotopic (exact) mass is 490 g/mol. The van der Waals surface area contributed by atoms with Crippen LogP contribution in [0, 0.1) is 6.92 Å². The first-order valence-electron chi connectivity index (χ1n) is 11.2. The van der Waals surface area contributed by atoms with Crippen LogP contribution >= 0.6 is 11.8 Å². The van der Waals surface area contributed by atoms with Crippen molar-refractivity contribution in [2.45, 2.75) is 26.3 Å². The molecule has 4 rings (SSSR count). The predicted octanol–water partition coefficient (Wildman–Crippen LogP) is 3.38. The molecule has 1 aliphatic heterocycles. The van der Waals surface area contributed by atoms with Crippen molar-refractivity contribution in [1.29, 1.82) is 0 Å². The number of amides is 4. The van der Waals surface area contributed by atoms with Gasteiger partial charge in [-0.05, 0) is 42.0 Å². The number of hydrogen-bond acceptors (Lipinski definition) is 5. The van der Waals surface area contributed by atoms with Crippen molar-refractivity contribution in [2.75, 3.05) is 13.1 Å². The van der Waals surface area contributed by atoms with Gasteiger partial charge in [0.05, 0.1) is 4.91 Å². The molecule has 0 aliphatic carbocycles. The summed E-state index contributed by atoms with van der Waals surface area (Å²) in [5, 5.41) is 6.05. The molecule has 0 radical (unpaired) electrons. The number of thioether (sulfide) groups is 1. The standard InChI is InChI=1S/C26H26N4O4S/c1-16-7-9-18(10-8-16)13-23-25(33)30(26(34)35-23)12-11-27-24(32)22(29-17(2)31)14-19-15-28-21-6-4-3-5-20(19)21/h3-10,13,15,22,28H,11-12,14H2,1-2H3,(H,27,32)(H,29,31)/b23-13-. The number of aromatic nitrogens is 1. The van der Waals surface area contributed by atoms with Crippen LogP contribution in [0.3, 0.4) is 0 Å². The van der Waals surface area contributed by atoms with Gasteiger partial charge in [-0.1, -0.05) is 48.0 Å². The number of aryl methyl sites for hydroxylation is 1. The van der Waals surface area contributed by atoms with Gasteiger partial charge >= 0.3 is 0 Å². The van der Waals surface area contributed by atoms with Gasteiger partial charge < -0.3 is 15.6 Å². The van der Waals surface area contributed by atoms with Gasteiger partial charge in [0.1, 0.15) is 6.04 Å². The van der Waals surface area contributed by atoms with E-state index in [0.29, 0.717) is 11.3 Å². The third kappa shape index (κ3) is 5.81. The molecule has 1 unspecified atom stereocenters. The fourth-order valence-corrected chi connectivity index (χ4v) is 4.76. The molecule has 1 atom stereocenters. The summed E-state index contributed by atoms with van der Waals surface area (Å²) in [7, 11) is 0. The number of nitrogens with zero attached hydrogens (tertiary/aromatic N) is 1. The summed E-state index contributed by atoms with van der Waals surface area (Å²) in [6.07, 6.45) is 3.82. The highest BCUT2D eigenvalue weighted by Crippen LogP contribution is 2.31. The summed E-state index contributed by atoms with van der Waals surface area (Å²) in [6.45, 7) is 3.46. The minimum Gasteiger partial charge on any atom is -0.361 e. The maximum atomic E-state index is 12.9. The number of carbonyl (C=O) groups is 4. The lowest BCUT2D eigenvalue weighted by atomic mass is 10.0. The highest BCUT2D eigenvalue weighted by Gasteiger charge is 2.34. The number of benzene rings is 2. The zero-order chi connectivity index (χ0) is 24.9. The van der Waals surface area contributed by atoms with Crippen LogP contribution in [0.4, 0.5) is 4.79 Å². The Kier molecular flexibility index (Phi) is 7.36. The summed E-state index contributed by atoms with van der Waals surface area (Å²) in [4.78, 5) is 54.3. The molecule has 3 N–H and O–H groups in total. The second-order valence-corrected chi connectivity index (χ2v) is 9.34. The molecule has 1 fully saturated rings. The summed E-state index contributed by atoms with van der Waals surface area (Å²) < 4.78 is 0. The molecule has 8 nitrogen and oxygen atoms in total. The van der Waals surface area contributed by atoms with Crippen molar-refractivity contribution in [3.63, 3.8) is 0 Å². The fraction of sp³-hybridized carbons (Fsp3) is 0.231. The van der Waals surface area contributed by atoms with Crippen molar-refractivity contribution in [3.8, 4) is 0 Å². The van der Waals surface area contributed by atoms with E-state index in [1.54, 1.807) is 6.08 Å². The zero-order valence-electron chi connectivity index (χ0n) is 19.5. The van der Waals surface area contributed by atoms with Crippen molar-refractivity contribution < 1.29 is 19.2 Å². The number of imide groups is 1. The third-order valence-corrected chi connectivity index (χ3v) is 6.58. The molecule has 180 valence electrons. The number of rotatable bonds is 8. The van der Waals surface area contributed by atoms with E-state index in [4.69, 9.17) is 0 Å². The van der Waals surface area contributed by atoms with Gasteiger partial charge in [0.15, 0.2) is 0 Å². The highest BCUT2D eigenvalue weighted by molar-refractivity contribution is 8.18. The van der Waals surface area contributed by atoms with Crippen LogP contribution in [0.2, 0.25) is 0 Å². The second-order valence-electron chi connectivity index (χ2n) is 8.35. The Balaban J connectivity index is 1.37. The van der Waals surface area contributed by atoms with Crippen molar-refractivity contribution in [2.24, 2.45) is 0 Å². The topological polar surface area (TPSA) is 111 Å². The van der Waals surface area contributed by atoms with E-state index in [1.807, 2.05) is 61.7 Å². The molecule has 1 aliphatic rings. The number of carbonyl (C=O) groups excluding carboxylic acids is 4. The lowest BCUT2D eigenvalue weighted by Crippen LogP contribution is -2.49. The fourth-order valence-electron chi connectivity index (χ4n) is 3.90. The molecule has 4 amide bonds. The average molecular weight is 491 g/mol. The van der Waals surface area contributed by atoms with Gasteiger partial charge in [0, 0.05) is 43.5 Å². The number of H-pyrrole nitrogens is 1. The minimum atomic E-state index is -0.789. The summed E-state index contributed by atoms with van der Waals surface area (Å²) in [5.74, 6) is -1.09. The van der Waals surface area contributed by atoms with Crippen LogP contribution in [-0.4, -0.2) is 52.0 Å². The van der Waals surface area contributed by atoms with E-state index >= 15 is 0 Å². The van der Waals surface area contributed by atoms with E-state index in [-0.39, 0.29) is 36.1 Å². The molecule has 1 saturated heterocycles. The van der Waals surface area contributed by atoms with Gasteiger partial charge in [0.25, 0.3) is 11.1 Å². The first-order chi connectivity index (χ1) is 16.8. The Hall–Kier alpha value is -3.85. The van der Waals surface area contributed by atoms with Crippen molar-refractivity contribution >= 4 is 51.7 Å². The Morgan fingerprint density at radius 2 is 1.86 bits per heavy atom. The molecule has 0 saturated carbocycles. The molecule has 9 heteroatoms. The van der Waals surface area contributed by atoms with E-state index in [0.717, 1.165) is 44.3 Å². The summed E-state index contributed by atoms with van der Waals surface area (Å²) in [6, 6.07) is 14.6. The smallest absolute Gasteiger partial charge is 0.293 e. The van der Waals surface area contributed by atoms with Crippen LogP contribution in [0.15, 0.2) is 59.6 Å². The first-order valence-corrected chi connectivity index (χ1v) is 12.1. The number of para-hydroxylation sites is 1. The minimum absolute atomic E-state index is 0.0432. The van der Waals surface area contributed by atoms with Crippen LogP contribution in [-0.2, 0) is 20.8 Å². The van der Waals surface area contributed by atoms with E-state index in [9.17, 15) is 19.2 Å². The molecular formula is C26H26N4O4S. The van der Waals surface area contributed by atoms with Gasteiger partial charge in [0.2, 0.25) is 11.8 Å². The maximum Gasteiger partial charge on any atom is 0.293 e. The Bertz CT molecular complexity index is 1310. The quantitative estimate of drug-likeness (QED) is 0.419. The Morgan fingerprint density at radius 1 is 1.11 bits per heavy atom. The summed E-state index contributed by atoms with van der Waals surface area (Å²) >= 11 is 0.884. The summed E-state index contributed by atoms with van der Waals surface area (Å²) in [5.41, 5.74) is 3.79. The van der Waals surface area contributed by atoms with Crippen LogP contribution in [0.5, 0.6) is 0 Å². The lowest BCUT2D eigenvalue weighted by molar-refractivity contribution is -0.128. The second kappa shape index (κ2) is 10.6. The maximum absolute atomic E-state index is 12.9. The van der Waals surface area contributed by atoms with Gasteiger partial charge in [-0.15, -0.1) is 0 Å². The van der Waals surface area contributed by atoms with Crippen molar-refractivity contribution in [3.05, 3.63) is 76.3 Å². The normalized spacial score (nSPS) is 15.6. The van der Waals surface area contributed by atoms with Crippen LogP contribution in [0.1, 0.15) is 23.6 Å². The third-order valence-electron chi connectivity index (χ3n) is 5.68. The highest BCUT2D eigenvalue weighted by atomic mass is 32.2. The SMILES string of the molecule is CC(=O)NC(Cc1c[nH]c2ccccc12)C(=O)NCCN1C(=O)S/C(=C\c2ccc(C)cc2)C1=O. The molecule has 2 aromatic carbocycles. The number of hydrogen-bond donors (Lipinski definition) is 3. The molecular weight excluding hydrogens is 464 g/mol. The average Bonchev–Trinajstić information content (AvgIpc) is 3.35. The molecule has 1 aromatic heterocycles. The van der Waals surface area contributed by atoms with E-state index in [2.05, 4.69) is 15.6 Å². The van der Waals surface area contributed by atoms with Crippen LogP contribution in [0.25, 0.3) is 17.0 Å². The van der Waals surface area contributed by atoms with Gasteiger partial charge in [-0.2, -0.15) is 0 Å². The largest absolute Gasteiger partial charge is 0.361 e. The predicted molar refractivity (Wildman–Crippen MR) is 136 cm³/mol. The Morgan fingerprint density at radius 3 is 2.60 bits per heavy atom. The number of aromatic amines is 1. The van der Waals surface area contributed by atoms with Crippen LogP contribution < -0.4 is 10.6 Å². The number of fused-ring (bicyclic) bond motifs is 1. The molecule has 35 heavy (non-hydrogen) atoms.